The Labute approximate surface area is 349 Å². The molecule has 0 radical (unpaired) electrons. The zero-order valence-corrected chi connectivity index (χ0v) is 37.3. The van der Waals surface area contributed by atoms with E-state index in [1.807, 2.05) is 54.5 Å². The number of hydrogen-bond donors (Lipinski definition) is 2. The molecule has 0 atom stereocenters. The molecule has 0 spiro atoms. The van der Waals surface area contributed by atoms with E-state index in [1.54, 1.807) is 0 Å². The van der Waals surface area contributed by atoms with Gasteiger partial charge in [-0.15, -0.1) is 24.0 Å². The van der Waals surface area contributed by atoms with Gasteiger partial charge in [-0.05, 0) is 57.3 Å². The van der Waals surface area contributed by atoms with Crippen LogP contribution in [-0.2, 0) is 47.9 Å². The van der Waals surface area contributed by atoms with E-state index < -0.39 is 17.8 Å². The fraction of sp³-hybridized carbons (Fsp3) is 0.564. The van der Waals surface area contributed by atoms with Crippen LogP contribution in [0.25, 0.3) is 10.4 Å². The minimum Gasteiger partial charge on any atom is -0.444 e. The second-order valence-electron chi connectivity index (χ2n) is 11.0. The van der Waals surface area contributed by atoms with Crippen molar-refractivity contribution in [3.8, 4) is 12.3 Å². The van der Waals surface area contributed by atoms with Gasteiger partial charge < -0.3 is 20.2 Å². The van der Waals surface area contributed by atoms with Crippen LogP contribution in [0.3, 0.4) is 0 Å². The molecule has 2 rings (SSSR count). The third-order valence-electron chi connectivity index (χ3n) is 4.74. The number of rotatable bonds is 8. The monoisotopic (exact) mass is 843 g/mol. The van der Waals surface area contributed by atoms with E-state index in [0.717, 1.165) is 31.1 Å². The Morgan fingerprint density at radius 1 is 0.966 bits per heavy atom. The van der Waals surface area contributed by atoms with Crippen molar-refractivity contribution in [2.24, 2.45) is 5.11 Å². The van der Waals surface area contributed by atoms with Crippen LogP contribution >= 0.6 is 11.6 Å². The molecule has 2 aliphatic heterocycles. The molecule has 0 saturated carbocycles. The van der Waals surface area contributed by atoms with Gasteiger partial charge in [0.2, 0.25) is 11.1 Å². The number of hydroxylamine groups is 2. The smallest absolute Gasteiger partial charge is 0.407 e. The number of terminal acetylenes is 1. The fourth-order valence-corrected chi connectivity index (χ4v) is 2.25. The number of imide groups is 2. The van der Waals surface area contributed by atoms with Crippen molar-refractivity contribution in [2.75, 3.05) is 27.2 Å². The molecule has 18 nitrogen and oxygen atoms in total. The van der Waals surface area contributed by atoms with Crippen LogP contribution < -0.4 is 10.6 Å². The largest absolute Gasteiger partial charge is 0.444 e. The molecule has 330 valence electrons. The quantitative estimate of drug-likeness (QED) is 0.0381. The zero-order valence-electron chi connectivity index (χ0n) is 36.6. The van der Waals surface area contributed by atoms with Crippen LogP contribution in [0.15, 0.2) is 42.6 Å². The molecule has 0 unspecified atom stereocenters. The number of carbonyl (C=O) groups is 9. The molecule has 0 aromatic carbocycles. The van der Waals surface area contributed by atoms with Gasteiger partial charge in [0.15, 0.2) is 5.78 Å². The molecule has 0 aliphatic carbocycles. The Bertz CT molecular complexity index is 1340. The Morgan fingerprint density at radius 2 is 1.36 bits per heavy atom. The zero-order chi connectivity index (χ0) is 47.3. The van der Waals surface area contributed by atoms with Gasteiger partial charge in [-0.1, -0.05) is 58.8 Å². The highest BCUT2D eigenvalue weighted by molar-refractivity contribution is 6.62. The number of nitrogens with zero attached hydrogens (tertiary/aromatic N) is 5. The first kappa shape index (κ1) is 67.0. The van der Waals surface area contributed by atoms with E-state index >= 15 is 0 Å². The average Bonchev–Trinajstić information content (AvgIpc) is 3.67. The van der Waals surface area contributed by atoms with Crippen molar-refractivity contribution in [1.82, 2.24) is 20.6 Å². The predicted octanol–water partition coefficient (Wildman–Crippen LogP) is 6.68. The van der Waals surface area contributed by atoms with Gasteiger partial charge in [0, 0.05) is 83.8 Å². The Kier molecular flexibility index (Phi) is 54.7. The van der Waals surface area contributed by atoms with Gasteiger partial charge in [0.05, 0.1) is 0 Å². The molecule has 58 heavy (non-hydrogen) atoms. The van der Waals surface area contributed by atoms with Gasteiger partial charge >= 0.3 is 12.1 Å². The summed E-state index contributed by atoms with van der Waals surface area (Å²) >= 11 is 4.64. The highest BCUT2D eigenvalue weighted by atomic mass is 35.5. The summed E-state index contributed by atoms with van der Waals surface area (Å²) in [5, 5.41) is 8.20. The van der Waals surface area contributed by atoms with Crippen LogP contribution in [0, 0.1) is 12.3 Å². The van der Waals surface area contributed by atoms with Gasteiger partial charge in [0.1, 0.15) is 5.60 Å². The lowest BCUT2D eigenvalue weighted by Gasteiger charge is -2.18. The van der Waals surface area contributed by atoms with Crippen molar-refractivity contribution >= 4 is 64.2 Å². The maximum absolute atomic E-state index is 11.0. The number of alkyl carbamates (subject to hydrolysis) is 1. The van der Waals surface area contributed by atoms with Crippen LogP contribution in [0.5, 0.6) is 0 Å². The van der Waals surface area contributed by atoms with Gasteiger partial charge in [-0.25, -0.2) is 9.59 Å². The van der Waals surface area contributed by atoms with Gasteiger partial charge in [0.25, 0.3) is 23.6 Å². The van der Waals surface area contributed by atoms with Gasteiger partial charge in [-0.3, -0.25) is 38.5 Å². The second-order valence-corrected chi connectivity index (χ2v) is 11.5. The SMILES string of the molecule is C#CCC.C=CC(C)=O.C=CCC.CC.CC(=O)Cl.CC(=O)ON1C(=O)CCC1=O.CCCN=[N+]=[N-].CNC(=O)CCN1C(=O)C=CC1=O.CNC(=O)OC(C)(C)C. The number of allylic oxidation sites excluding steroid dienone is 2. The van der Waals surface area contributed by atoms with Crippen LogP contribution in [0.4, 0.5) is 4.79 Å². The summed E-state index contributed by atoms with van der Waals surface area (Å²) in [7, 11) is 3.04. The molecule has 0 aromatic rings. The highest BCUT2D eigenvalue weighted by Crippen LogP contribution is 2.11. The molecule has 2 N–H and O–H groups in total. The Balaban J connectivity index is -0.000000106. The summed E-state index contributed by atoms with van der Waals surface area (Å²) in [5.41, 5.74) is 7.27. The van der Waals surface area contributed by atoms with Crippen LogP contribution in [0.1, 0.15) is 115 Å². The molecule has 1 fully saturated rings. The van der Waals surface area contributed by atoms with E-state index in [-0.39, 0.29) is 66.2 Å². The molecular formula is C39H66ClN7O11. The summed E-state index contributed by atoms with van der Waals surface area (Å²) < 4.78 is 4.84. The number of amides is 6. The second kappa shape index (κ2) is 47.4. The van der Waals surface area contributed by atoms with Crippen molar-refractivity contribution in [3.63, 3.8) is 0 Å². The molecule has 1 saturated heterocycles. The summed E-state index contributed by atoms with van der Waals surface area (Å²) in [5.74, 6) is -0.00990. The lowest BCUT2D eigenvalue weighted by molar-refractivity contribution is -0.195. The lowest BCUT2D eigenvalue weighted by atomic mass is 10.2. The number of azide groups is 1. The third-order valence-corrected chi connectivity index (χ3v) is 4.74. The average molecular weight is 844 g/mol. The number of hydrogen-bond acceptors (Lipinski definition) is 12. The Morgan fingerprint density at radius 3 is 1.57 bits per heavy atom. The van der Waals surface area contributed by atoms with E-state index in [0.29, 0.717) is 11.6 Å². The van der Waals surface area contributed by atoms with Crippen molar-refractivity contribution in [1.29, 1.82) is 0 Å². The first-order valence-electron chi connectivity index (χ1n) is 18.0. The van der Waals surface area contributed by atoms with Crippen molar-refractivity contribution in [3.05, 3.63) is 47.9 Å². The maximum Gasteiger partial charge on any atom is 0.407 e. The minimum absolute atomic E-state index is 0.0185. The van der Waals surface area contributed by atoms with E-state index in [2.05, 4.69) is 63.1 Å². The van der Waals surface area contributed by atoms with Crippen molar-refractivity contribution in [2.45, 2.75) is 120 Å². The standard InChI is InChI=1S/C8H10N2O3.C6H7NO4.C6H13NO2.C4H6O.C4H8.C4H6.C3H7N3.C2H3ClO.C2H6/c1-9-6(11)4-5-10-7(12)2-3-8(10)13;1-4(8)11-7-5(9)2-3-6(7)10;1-6(2,3)9-5(8)7-4;1-3-4(2)5;2*1-3-4-2;1-2-3-5-6-4;1-2(3)4;1-2/h2-3H,4-5H2,1H3,(H,9,11);2-3H2,1H3;1-4H3,(H,7,8);3H,1H2,2H3;3H,1,4H2,2H3;1H,4H2,2H3;2-3H2,1H3;1H3;1-2H3. The first-order valence-corrected chi connectivity index (χ1v) is 18.4. The topological polar surface area (TPSA) is 251 Å². The molecule has 19 heteroatoms. The summed E-state index contributed by atoms with van der Waals surface area (Å²) in [6.45, 7) is 26.8. The molecule has 0 bridgehead atoms. The van der Waals surface area contributed by atoms with E-state index in [1.165, 1.54) is 46.2 Å². The predicted molar refractivity (Wildman–Crippen MR) is 225 cm³/mol. The normalized spacial score (nSPS) is 11.0. The highest BCUT2D eigenvalue weighted by Gasteiger charge is 2.31. The lowest BCUT2D eigenvalue weighted by Crippen LogP contribution is -2.33. The molecule has 2 aliphatic rings. The first-order chi connectivity index (χ1) is 27.0. The van der Waals surface area contributed by atoms with Crippen LogP contribution in [-0.4, -0.2) is 95.4 Å². The number of ether oxygens (including phenoxy) is 1. The number of nitrogens with one attached hydrogen (secondary N) is 2. The van der Waals surface area contributed by atoms with E-state index in [4.69, 9.17) is 16.7 Å². The third kappa shape index (κ3) is 59.5. The van der Waals surface area contributed by atoms with Gasteiger partial charge in [-0.2, -0.15) is 0 Å². The minimum atomic E-state index is -0.659. The number of carbonyl (C=O) groups excluding carboxylic acids is 9. The van der Waals surface area contributed by atoms with Crippen LogP contribution in [0.2, 0.25) is 0 Å². The maximum atomic E-state index is 11.0. The molecular weight excluding hydrogens is 778 g/mol. The Hall–Kier alpha value is -5.79. The molecule has 0 aromatic heterocycles. The summed E-state index contributed by atoms with van der Waals surface area (Å²) in [6, 6.07) is 0. The number of halogens is 1. The summed E-state index contributed by atoms with van der Waals surface area (Å²) in [4.78, 5) is 102. The molecule has 2 heterocycles. The van der Waals surface area contributed by atoms with E-state index in [9.17, 15) is 43.2 Å². The summed E-state index contributed by atoms with van der Waals surface area (Å²) in [6.07, 6.45) is 13.2. The fourth-order valence-electron chi connectivity index (χ4n) is 2.25. The molecule has 6 amide bonds. The number of ketones is 1. The van der Waals surface area contributed by atoms with Crippen molar-refractivity contribution < 1.29 is 52.7 Å².